The lowest BCUT2D eigenvalue weighted by Gasteiger charge is -2.32. The topological polar surface area (TPSA) is 144 Å². The third-order valence-electron chi connectivity index (χ3n) is 8.54. The van der Waals surface area contributed by atoms with Crippen molar-refractivity contribution in [1.29, 1.82) is 5.26 Å². The molecule has 7 rings (SSSR count). The van der Waals surface area contributed by atoms with E-state index in [-0.39, 0.29) is 5.82 Å². The largest absolute Gasteiger partial charge is 0.383 e. The van der Waals surface area contributed by atoms with Gasteiger partial charge in [-0.05, 0) is 73.7 Å². The van der Waals surface area contributed by atoms with E-state index in [4.69, 9.17) is 25.7 Å². The average Bonchev–Trinajstić information content (AvgIpc) is 3.45. The highest BCUT2D eigenvalue weighted by molar-refractivity contribution is 5.83. The van der Waals surface area contributed by atoms with Crippen LogP contribution in [0.2, 0.25) is 0 Å². The maximum atomic E-state index is 9.07. The second-order valence-corrected chi connectivity index (χ2v) is 11.4. The number of hydrogen-bond acceptors (Lipinski definition) is 10. The molecular weight excluding hydrogens is 552 g/mol. The van der Waals surface area contributed by atoms with Crippen molar-refractivity contribution >= 4 is 22.8 Å². The molecule has 5 aromatic rings. The van der Waals surface area contributed by atoms with Crippen LogP contribution in [-0.4, -0.2) is 66.7 Å². The van der Waals surface area contributed by atoms with Crippen molar-refractivity contribution in [3.05, 3.63) is 84.1 Å². The van der Waals surface area contributed by atoms with Gasteiger partial charge in [-0.25, -0.2) is 24.9 Å². The summed E-state index contributed by atoms with van der Waals surface area (Å²) in [6.07, 6.45) is 7.26. The lowest BCUT2D eigenvalue weighted by atomic mass is 9.96. The van der Waals surface area contributed by atoms with E-state index in [1.807, 2.05) is 24.3 Å². The van der Waals surface area contributed by atoms with Crippen LogP contribution in [0.1, 0.15) is 48.7 Å². The van der Waals surface area contributed by atoms with Gasteiger partial charge in [0.2, 0.25) is 5.82 Å². The number of nitrogen functional groups attached to an aromatic ring is 1. The van der Waals surface area contributed by atoms with Crippen LogP contribution in [0.4, 0.5) is 11.6 Å². The molecule has 0 bridgehead atoms. The third-order valence-corrected chi connectivity index (χ3v) is 8.54. The molecular formula is C33H34N10O. The number of benzene rings is 1. The molecule has 2 fully saturated rings. The quantitative estimate of drug-likeness (QED) is 0.275. The molecule has 1 aromatic carbocycles. The molecule has 3 N–H and O–H groups in total. The number of nitrogens with zero attached hydrogens (tertiary/aromatic N) is 8. The lowest BCUT2D eigenvalue weighted by Crippen LogP contribution is -2.38. The Bertz CT molecular complexity index is 1800. The SMILES string of the molecule is N#Cc1nccc(NC2CCN(Cc3ccc(-n4c(-c5cccnc5N)nc5ccc(C6CCOCC6)nc54)cc3)CC2)n1. The molecule has 2 aliphatic rings. The highest BCUT2D eigenvalue weighted by atomic mass is 16.5. The van der Waals surface area contributed by atoms with Gasteiger partial charge in [0.15, 0.2) is 11.5 Å². The van der Waals surface area contributed by atoms with Crippen molar-refractivity contribution in [2.45, 2.75) is 44.2 Å². The van der Waals surface area contributed by atoms with Crippen molar-refractivity contribution in [2.75, 3.05) is 37.4 Å². The molecule has 11 nitrogen and oxygen atoms in total. The van der Waals surface area contributed by atoms with Crippen molar-refractivity contribution in [2.24, 2.45) is 0 Å². The van der Waals surface area contributed by atoms with Crippen molar-refractivity contribution in [3.63, 3.8) is 0 Å². The molecule has 2 aliphatic heterocycles. The van der Waals surface area contributed by atoms with E-state index in [1.165, 1.54) is 5.56 Å². The number of ether oxygens (including phenoxy) is 1. The number of anilines is 2. The van der Waals surface area contributed by atoms with E-state index in [9.17, 15) is 0 Å². The van der Waals surface area contributed by atoms with Crippen LogP contribution in [0.3, 0.4) is 0 Å². The number of nitriles is 1. The van der Waals surface area contributed by atoms with E-state index >= 15 is 0 Å². The molecule has 6 heterocycles. The van der Waals surface area contributed by atoms with Gasteiger partial charge in [0.1, 0.15) is 23.2 Å². The Morgan fingerprint density at radius 2 is 1.73 bits per heavy atom. The van der Waals surface area contributed by atoms with Crippen molar-refractivity contribution in [3.8, 4) is 23.1 Å². The highest BCUT2D eigenvalue weighted by Crippen LogP contribution is 2.33. The first-order valence-electron chi connectivity index (χ1n) is 15.1. The Labute approximate surface area is 255 Å². The molecule has 11 heteroatoms. The molecule has 0 atom stereocenters. The zero-order valence-corrected chi connectivity index (χ0v) is 24.4. The second-order valence-electron chi connectivity index (χ2n) is 11.4. The minimum Gasteiger partial charge on any atom is -0.383 e. The van der Waals surface area contributed by atoms with Gasteiger partial charge in [-0.15, -0.1) is 0 Å². The standard InChI is InChI=1S/C33H34N10O/c34-20-30-36-15-9-29(41-30)38-24-10-16-42(17-11-24)21-22-3-5-25(6-4-22)43-32(26-2-1-14-37-31(26)35)40-28-8-7-27(39-33(28)43)23-12-18-44-19-13-23/h1-9,14-15,23-24H,10-13,16-19,21H2,(H2,35,37)(H,36,38,41). The normalized spacial score (nSPS) is 16.6. The van der Waals surface area contributed by atoms with Gasteiger partial charge in [0.05, 0.1) is 5.56 Å². The molecule has 0 aliphatic carbocycles. The predicted molar refractivity (Wildman–Crippen MR) is 168 cm³/mol. The summed E-state index contributed by atoms with van der Waals surface area (Å²) in [4.78, 5) is 25.2. The Morgan fingerprint density at radius 1 is 0.909 bits per heavy atom. The van der Waals surface area contributed by atoms with Gasteiger partial charge >= 0.3 is 0 Å². The summed E-state index contributed by atoms with van der Waals surface area (Å²) in [5, 5.41) is 12.5. The molecule has 0 spiro atoms. The van der Waals surface area contributed by atoms with E-state index in [2.05, 4.69) is 66.1 Å². The summed E-state index contributed by atoms with van der Waals surface area (Å²) in [5.41, 5.74) is 12.1. The first-order chi connectivity index (χ1) is 21.6. The number of pyridine rings is 2. The number of nitrogens with one attached hydrogen (secondary N) is 1. The number of hydrogen-bond donors (Lipinski definition) is 2. The minimum absolute atomic E-state index is 0.186. The van der Waals surface area contributed by atoms with Gasteiger partial charge in [-0.1, -0.05) is 12.1 Å². The molecule has 0 saturated carbocycles. The number of piperidine rings is 1. The number of aromatic nitrogens is 6. The number of rotatable bonds is 7. The van der Waals surface area contributed by atoms with Gasteiger partial charge in [-0.2, -0.15) is 5.26 Å². The second kappa shape index (κ2) is 12.4. The third kappa shape index (κ3) is 5.82. The van der Waals surface area contributed by atoms with Crippen LogP contribution >= 0.6 is 0 Å². The van der Waals surface area contributed by atoms with Crippen LogP contribution in [0.5, 0.6) is 0 Å². The van der Waals surface area contributed by atoms with Crippen molar-refractivity contribution in [1.82, 2.24) is 34.4 Å². The van der Waals surface area contributed by atoms with E-state index in [0.29, 0.717) is 23.6 Å². The molecule has 0 unspecified atom stereocenters. The van der Waals surface area contributed by atoms with Gasteiger partial charge in [0, 0.05) is 68.6 Å². The summed E-state index contributed by atoms with van der Waals surface area (Å²) in [6.45, 7) is 4.36. The maximum Gasteiger partial charge on any atom is 0.234 e. The molecule has 222 valence electrons. The van der Waals surface area contributed by atoms with Crippen LogP contribution in [0, 0.1) is 11.3 Å². The summed E-state index contributed by atoms with van der Waals surface area (Å²) in [5.74, 6) is 2.44. The van der Waals surface area contributed by atoms with Gasteiger partial charge in [0.25, 0.3) is 0 Å². The molecule has 0 amide bonds. The summed E-state index contributed by atoms with van der Waals surface area (Å²) in [6, 6.07) is 20.8. The number of fused-ring (bicyclic) bond motifs is 1. The smallest absolute Gasteiger partial charge is 0.234 e. The van der Waals surface area contributed by atoms with E-state index < -0.39 is 0 Å². The maximum absolute atomic E-state index is 9.07. The van der Waals surface area contributed by atoms with Crippen LogP contribution in [-0.2, 0) is 11.3 Å². The molecule has 0 radical (unpaired) electrons. The summed E-state index contributed by atoms with van der Waals surface area (Å²) in [7, 11) is 0. The Kier molecular flexibility index (Phi) is 7.83. The number of imidazole rings is 1. The van der Waals surface area contributed by atoms with Crippen LogP contribution < -0.4 is 11.1 Å². The minimum atomic E-state index is 0.186. The molecule has 44 heavy (non-hydrogen) atoms. The summed E-state index contributed by atoms with van der Waals surface area (Å²) < 4.78 is 7.70. The first-order valence-corrected chi connectivity index (χ1v) is 15.1. The fourth-order valence-electron chi connectivity index (χ4n) is 6.17. The predicted octanol–water partition coefficient (Wildman–Crippen LogP) is 4.70. The zero-order chi connectivity index (χ0) is 29.9. The van der Waals surface area contributed by atoms with E-state index in [0.717, 1.165) is 92.5 Å². The summed E-state index contributed by atoms with van der Waals surface area (Å²) >= 11 is 0. The monoisotopic (exact) mass is 586 g/mol. The molecule has 2 saturated heterocycles. The fraction of sp³-hybridized carbons (Fsp3) is 0.333. The van der Waals surface area contributed by atoms with Crippen molar-refractivity contribution < 1.29 is 4.74 Å². The van der Waals surface area contributed by atoms with Gasteiger partial charge < -0.3 is 15.8 Å². The highest BCUT2D eigenvalue weighted by Gasteiger charge is 2.23. The zero-order valence-electron chi connectivity index (χ0n) is 24.4. The molecule has 4 aromatic heterocycles. The lowest BCUT2D eigenvalue weighted by molar-refractivity contribution is 0.0845. The Morgan fingerprint density at radius 3 is 2.50 bits per heavy atom. The Balaban J connectivity index is 1.11. The first kappa shape index (κ1) is 27.9. The number of likely N-dealkylation sites (tertiary alicyclic amines) is 1. The average molecular weight is 587 g/mol. The van der Waals surface area contributed by atoms with Gasteiger partial charge in [-0.3, -0.25) is 9.47 Å². The number of nitrogens with two attached hydrogens (primary N) is 1. The Hall–Kier alpha value is -4.92. The van der Waals surface area contributed by atoms with E-state index in [1.54, 1.807) is 12.4 Å². The van der Waals surface area contributed by atoms with Crippen LogP contribution in [0.15, 0.2) is 67.0 Å². The fourth-order valence-corrected chi connectivity index (χ4v) is 6.17. The van der Waals surface area contributed by atoms with Crippen LogP contribution in [0.25, 0.3) is 28.2 Å².